The molecule has 4 heterocycles. The summed E-state index contributed by atoms with van der Waals surface area (Å²) in [5, 5.41) is 5.31. The fraction of sp³-hybridized carbons (Fsp3) is 0.333. The number of hydrogen-bond donors (Lipinski definition) is 3. The molecule has 0 bridgehead atoms. The molecule has 30 heavy (non-hydrogen) atoms. The van der Waals surface area contributed by atoms with Crippen LogP contribution in [-0.4, -0.2) is 51.1 Å². The molecule has 1 aromatic carbocycles. The van der Waals surface area contributed by atoms with Gasteiger partial charge in [-0.15, -0.1) is 0 Å². The molecule has 152 valence electrons. The zero-order valence-electron chi connectivity index (χ0n) is 16.6. The average Bonchev–Trinajstić information content (AvgIpc) is 3.34. The number of anilines is 2. The Hall–Kier alpha value is -3.46. The number of para-hydroxylation sites is 1. The van der Waals surface area contributed by atoms with Crippen LogP contribution in [0.1, 0.15) is 12.8 Å². The van der Waals surface area contributed by atoms with Gasteiger partial charge in [0.2, 0.25) is 0 Å². The molecule has 1 aliphatic heterocycles. The largest absolute Gasteiger partial charge is 0.421 e. The van der Waals surface area contributed by atoms with Crippen LogP contribution in [0, 0.1) is 5.41 Å². The van der Waals surface area contributed by atoms with Gasteiger partial charge in [-0.05, 0) is 18.9 Å². The second-order valence-corrected chi connectivity index (χ2v) is 8.18. The van der Waals surface area contributed by atoms with Gasteiger partial charge in [-0.2, -0.15) is 9.97 Å². The number of benzene rings is 1. The summed E-state index contributed by atoms with van der Waals surface area (Å²) >= 11 is 0. The van der Waals surface area contributed by atoms with Crippen LogP contribution in [0.3, 0.4) is 0 Å². The van der Waals surface area contributed by atoms with Gasteiger partial charge in [0.15, 0.2) is 5.75 Å². The average molecular weight is 402 g/mol. The Labute approximate surface area is 172 Å². The van der Waals surface area contributed by atoms with E-state index in [1.54, 1.807) is 12.4 Å². The molecular weight excluding hydrogens is 380 g/mol. The zero-order chi connectivity index (χ0) is 20.3. The molecule has 9 heteroatoms. The van der Waals surface area contributed by atoms with Gasteiger partial charge in [0.1, 0.15) is 17.8 Å². The number of fused-ring (bicyclic) bond motifs is 3. The molecule has 1 saturated carbocycles. The van der Waals surface area contributed by atoms with Crippen LogP contribution in [-0.2, 0) is 0 Å². The summed E-state index contributed by atoms with van der Waals surface area (Å²) in [5.41, 5.74) is 9.46. The molecule has 3 aromatic heterocycles. The molecule has 1 unspecified atom stereocenters. The molecular formula is C21H22N8O. The Morgan fingerprint density at radius 3 is 2.80 bits per heavy atom. The maximum atomic E-state index is 6.49. The number of rotatable bonds is 4. The predicted molar refractivity (Wildman–Crippen MR) is 115 cm³/mol. The predicted octanol–water partition coefficient (Wildman–Crippen LogP) is 2.66. The minimum absolute atomic E-state index is 0.160. The van der Waals surface area contributed by atoms with Crippen LogP contribution in [0.2, 0.25) is 0 Å². The van der Waals surface area contributed by atoms with E-state index >= 15 is 0 Å². The first-order valence-corrected chi connectivity index (χ1v) is 10.1. The van der Waals surface area contributed by atoms with Crippen LogP contribution in [0.25, 0.3) is 21.9 Å². The van der Waals surface area contributed by atoms with Crippen molar-refractivity contribution in [1.82, 2.24) is 24.9 Å². The molecule has 1 atom stereocenters. The molecule has 2 fully saturated rings. The van der Waals surface area contributed by atoms with E-state index in [-0.39, 0.29) is 17.5 Å². The number of nitrogens with two attached hydrogens (primary N) is 1. The number of H-pyrrole nitrogens is 1. The van der Waals surface area contributed by atoms with E-state index in [2.05, 4.69) is 36.2 Å². The number of aromatic nitrogens is 5. The second kappa shape index (κ2) is 6.27. The fourth-order valence-electron chi connectivity index (χ4n) is 4.55. The van der Waals surface area contributed by atoms with E-state index in [0.29, 0.717) is 5.75 Å². The Balaban J connectivity index is 1.55. The van der Waals surface area contributed by atoms with Gasteiger partial charge in [0, 0.05) is 37.0 Å². The van der Waals surface area contributed by atoms with Crippen molar-refractivity contribution in [2.45, 2.75) is 18.9 Å². The van der Waals surface area contributed by atoms with Crippen molar-refractivity contribution in [3.05, 3.63) is 36.9 Å². The third-order valence-corrected chi connectivity index (χ3v) is 6.36. The van der Waals surface area contributed by atoms with Crippen molar-refractivity contribution in [1.29, 1.82) is 0 Å². The first-order chi connectivity index (χ1) is 14.7. The standard InChI is InChI=1S/C21H22N8O/c1-23-14-4-2-3-13-16-18(26-17(13)14)27-20(30-12-7-24-11-25-8-12)28-19(16)29-9-15(22)21(10-29)5-6-21/h2-4,7-8,11,15,23H,5-6,9-10,22H2,1H3,(H,26,27,28). The quantitative estimate of drug-likeness (QED) is 0.477. The highest BCUT2D eigenvalue weighted by atomic mass is 16.5. The smallest absolute Gasteiger partial charge is 0.326 e. The van der Waals surface area contributed by atoms with Crippen LogP contribution in [0.5, 0.6) is 11.8 Å². The third-order valence-electron chi connectivity index (χ3n) is 6.36. The van der Waals surface area contributed by atoms with E-state index in [4.69, 9.17) is 15.5 Å². The maximum Gasteiger partial charge on any atom is 0.326 e. The SMILES string of the molecule is CNc1cccc2c1[nH]c1nc(Oc3cncnc3)nc(N3CC(N)C4(CC4)C3)c12. The lowest BCUT2D eigenvalue weighted by molar-refractivity contribution is 0.439. The van der Waals surface area contributed by atoms with Crippen LogP contribution in [0.15, 0.2) is 36.9 Å². The summed E-state index contributed by atoms with van der Waals surface area (Å²) in [6, 6.07) is 6.59. The van der Waals surface area contributed by atoms with Gasteiger partial charge in [-0.3, -0.25) is 0 Å². The first-order valence-electron chi connectivity index (χ1n) is 10.1. The van der Waals surface area contributed by atoms with Gasteiger partial charge in [0.25, 0.3) is 0 Å². The van der Waals surface area contributed by atoms with Gasteiger partial charge in [0.05, 0.1) is 29.0 Å². The van der Waals surface area contributed by atoms with Gasteiger partial charge in [-0.25, -0.2) is 9.97 Å². The van der Waals surface area contributed by atoms with Crippen molar-refractivity contribution in [2.24, 2.45) is 11.1 Å². The molecule has 0 amide bonds. The summed E-state index contributed by atoms with van der Waals surface area (Å²) in [6.07, 6.45) is 7.01. The summed E-state index contributed by atoms with van der Waals surface area (Å²) in [4.78, 5) is 23.2. The molecule has 2 aliphatic rings. The van der Waals surface area contributed by atoms with Crippen LogP contribution >= 0.6 is 0 Å². The van der Waals surface area contributed by atoms with Crippen molar-refractivity contribution >= 4 is 33.4 Å². The summed E-state index contributed by atoms with van der Waals surface area (Å²) in [6.45, 7) is 1.69. The Morgan fingerprint density at radius 1 is 1.23 bits per heavy atom. The minimum Gasteiger partial charge on any atom is -0.421 e. The lowest BCUT2D eigenvalue weighted by Gasteiger charge is -2.19. The second-order valence-electron chi connectivity index (χ2n) is 8.18. The molecule has 1 aliphatic carbocycles. The molecule has 0 radical (unpaired) electrons. The number of nitrogens with zero attached hydrogens (tertiary/aromatic N) is 5. The summed E-state index contributed by atoms with van der Waals surface area (Å²) < 4.78 is 5.89. The minimum atomic E-state index is 0.160. The van der Waals surface area contributed by atoms with Crippen molar-refractivity contribution in [3.8, 4) is 11.8 Å². The Morgan fingerprint density at radius 2 is 2.07 bits per heavy atom. The van der Waals surface area contributed by atoms with Gasteiger partial charge < -0.3 is 25.7 Å². The highest BCUT2D eigenvalue weighted by Gasteiger charge is 2.54. The van der Waals surface area contributed by atoms with E-state index in [0.717, 1.165) is 46.5 Å². The molecule has 4 aromatic rings. The molecule has 4 N–H and O–H groups in total. The molecule has 6 rings (SSSR count). The maximum absolute atomic E-state index is 6.49. The summed E-state index contributed by atoms with van der Waals surface area (Å²) in [5.74, 6) is 1.34. The number of ether oxygens (including phenoxy) is 1. The Bertz CT molecular complexity index is 1250. The van der Waals surface area contributed by atoms with Crippen molar-refractivity contribution in [3.63, 3.8) is 0 Å². The van der Waals surface area contributed by atoms with Gasteiger partial charge in [-0.1, -0.05) is 12.1 Å². The zero-order valence-corrected chi connectivity index (χ0v) is 16.6. The number of aromatic amines is 1. The van der Waals surface area contributed by atoms with E-state index in [1.807, 2.05) is 19.2 Å². The lowest BCUT2D eigenvalue weighted by atomic mass is 10.0. The monoisotopic (exact) mass is 402 g/mol. The first kappa shape index (κ1) is 17.4. The van der Waals surface area contributed by atoms with E-state index in [9.17, 15) is 0 Å². The highest BCUT2D eigenvalue weighted by Crippen LogP contribution is 2.53. The fourth-order valence-corrected chi connectivity index (χ4v) is 4.55. The summed E-state index contributed by atoms with van der Waals surface area (Å²) in [7, 11) is 1.91. The van der Waals surface area contributed by atoms with Crippen molar-refractivity contribution in [2.75, 3.05) is 30.4 Å². The normalized spacial score (nSPS) is 19.7. The van der Waals surface area contributed by atoms with Crippen LogP contribution < -0.4 is 20.7 Å². The van der Waals surface area contributed by atoms with E-state index < -0.39 is 0 Å². The molecule has 9 nitrogen and oxygen atoms in total. The molecule has 1 saturated heterocycles. The highest BCUT2D eigenvalue weighted by molar-refractivity contribution is 6.14. The van der Waals surface area contributed by atoms with Crippen LogP contribution in [0.4, 0.5) is 11.5 Å². The number of nitrogens with one attached hydrogen (secondary N) is 2. The lowest BCUT2D eigenvalue weighted by Crippen LogP contribution is -2.30. The third kappa shape index (κ3) is 2.58. The van der Waals surface area contributed by atoms with E-state index in [1.165, 1.54) is 19.2 Å². The number of hydrogen-bond acceptors (Lipinski definition) is 8. The van der Waals surface area contributed by atoms with Gasteiger partial charge >= 0.3 is 6.01 Å². The van der Waals surface area contributed by atoms with Crippen molar-refractivity contribution < 1.29 is 4.74 Å². The Kier molecular flexibility index (Phi) is 3.64. The topological polar surface area (TPSA) is 118 Å². The molecule has 1 spiro atoms.